The number of pyridine rings is 2. The van der Waals surface area contributed by atoms with Crippen LogP contribution in [-0.2, 0) is 6.54 Å². The van der Waals surface area contributed by atoms with Gasteiger partial charge in [-0.1, -0.05) is 12.1 Å². The number of hydrogen-bond donors (Lipinski definition) is 3. The first-order valence-electron chi connectivity index (χ1n) is 8.68. The summed E-state index contributed by atoms with van der Waals surface area (Å²) < 4.78 is 5.06. The summed E-state index contributed by atoms with van der Waals surface area (Å²) in [4.78, 5) is 17.2. The fourth-order valence-corrected chi connectivity index (χ4v) is 2.73. The predicted molar refractivity (Wildman–Crippen MR) is 110 cm³/mol. The van der Waals surface area contributed by atoms with Crippen molar-refractivity contribution in [2.24, 2.45) is 0 Å². The van der Waals surface area contributed by atoms with E-state index >= 15 is 0 Å². The maximum Gasteiger partial charge on any atom is 0.213 e. The van der Waals surface area contributed by atoms with Crippen LogP contribution in [0.1, 0.15) is 5.56 Å². The molecule has 8 nitrogen and oxygen atoms in total. The minimum absolute atomic E-state index is 0.334. The molecule has 0 aliphatic carbocycles. The number of benzene rings is 1. The molecule has 3 aromatic heterocycles. The molecule has 0 atom stereocenters. The van der Waals surface area contributed by atoms with Gasteiger partial charge in [-0.2, -0.15) is 0 Å². The summed E-state index contributed by atoms with van der Waals surface area (Å²) >= 11 is 0. The molecule has 0 amide bonds. The minimum Gasteiger partial charge on any atom is -0.481 e. The van der Waals surface area contributed by atoms with Gasteiger partial charge in [-0.25, -0.2) is 15.0 Å². The van der Waals surface area contributed by atoms with Crippen LogP contribution in [0.15, 0.2) is 61.1 Å². The standard InChI is InChI=1S/C20H19N7O/c1-28-18-7-5-15(11-23-18)26-17-12-24-19(21)20(27-17)25-10-13-4-6-16-14(9-13)3-2-8-22-16/h2-9,11-12H,10H2,1H3,(H2,21,24)(H2,25,26,27). The van der Waals surface area contributed by atoms with Gasteiger partial charge in [0.05, 0.1) is 30.7 Å². The summed E-state index contributed by atoms with van der Waals surface area (Å²) in [5.74, 6) is 1.95. The van der Waals surface area contributed by atoms with Gasteiger partial charge in [-0.3, -0.25) is 4.98 Å². The van der Waals surface area contributed by atoms with E-state index in [1.165, 1.54) is 0 Å². The molecule has 4 aromatic rings. The summed E-state index contributed by atoms with van der Waals surface area (Å²) in [6.45, 7) is 0.567. The molecular formula is C20H19N7O. The van der Waals surface area contributed by atoms with Crippen LogP contribution in [0, 0.1) is 0 Å². The second-order valence-electron chi connectivity index (χ2n) is 6.09. The van der Waals surface area contributed by atoms with Crippen molar-refractivity contribution in [1.29, 1.82) is 0 Å². The van der Waals surface area contributed by atoms with Crippen molar-refractivity contribution in [2.75, 3.05) is 23.5 Å². The van der Waals surface area contributed by atoms with E-state index in [0.717, 1.165) is 22.2 Å². The van der Waals surface area contributed by atoms with Crippen molar-refractivity contribution in [3.05, 3.63) is 66.6 Å². The van der Waals surface area contributed by atoms with E-state index in [1.54, 1.807) is 31.8 Å². The molecular weight excluding hydrogens is 354 g/mol. The summed E-state index contributed by atoms with van der Waals surface area (Å²) in [6.07, 6.45) is 5.02. The Balaban J connectivity index is 1.48. The van der Waals surface area contributed by atoms with Gasteiger partial charge in [0.15, 0.2) is 17.5 Å². The number of rotatable bonds is 6. The number of nitrogen functional groups attached to an aromatic ring is 1. The molecule has 0 unspecified atom stereocenters. The van der Waals surface area contributed by atoms with Gasteiger partial charge < -0.3 is 21.1 Å². The van der Waals surface area contributed by atoms with Crippen LogP contribution >= 0.6 is 0 Å². The topological polar surface area (TPSA) is 111 Å². The normalized spacial score (nSPS) is 10.6. The Morgan fingerprint density at radius 3 is 2.79 bits per heavy atom. The number of anilines is 4. The molecule has 0 spiro atoms. The van der Waals surface area contributed by atoms with Crippen molar-refractivity contribution in [3.8, 4) is 5.88 Å². The first-order valence-corrected chi connectivity index (χ1v) is 8.68. The zero-order valence-electron chi connectivity index (χ0n) is 15.3. The van der Waals surface area contributed by atoms with E-state index in [9.17, 15) is 0 Å². The Morgan fingerprint density at radius 2 is 1.96 bits per heavy atom. The van der Waals surface area contributed by atoms with Crippen LogP contribution in [-0.4, -0.2) is 27.0 Å². The van der Waals surface area contributed by atoms with Crippen molar-refractivity contribution >= 4 is 34.0 Å². The van der Waals surface area contributed by atoms with E-state index in [4.69, 9.17) is 10.5 Å². The van der Waals surface area contributed by atoms with Gasteiger partial charge >= 0.3 is 0 Å². The monoisotopic (exact) mass is 373 g/mol. The number of nitrogens with one attached hydrogen (secondary N) is 2. The number of ether oxygens (including phenoxy) is 1. The molecule has 0 saturated carbocycles. The quantitative estimate of drug-likeness (QED) is 0.472. The summed E-state index contributed by atoms with van der Waals surface area (Å²) in [5, 5.41) is 7.48. The van der Waals surface area contributed by atoms with Gasteiger partial charge in [-0.15, -0.1) is 0 Å². The number of aromatic nitrogens is 4. The molecule has 8 heteroatoms. The van der Waals surface area contributed by atoms with Crippen molar-refractivity contribution < 1.29 is 4.74 Å². The van der Waals surface area contributed by atoms with Gasteiger partial charge in [0, 0.05) is 24.2 Å². The highest BCUT2D eigenvalue weighted by molar-refractivity contribution is 5.79. The van der Waals surface area contributed by atoms with Crippen LogP contribution < -0.4 is 21.1 Å². The van der Waals surface area contributed by atoms with Crippen molar-refractivity contribution in [1.82, 2.24) is 19.9 Å². The van der Waals surface area contributed by atoms with Gasteiger partial charge in [-0.05, 0) is 29.8 Å². The van der Waals surface area contributed by atoms with E-state index in [0.29, 0.717) is 29.9 Å². The molecule has 4 rings (SSSR count). The molecule has 0 bridgehead atoms. The average molecular weight is 373 g/mol. The number of nitrogens with zero attached hydrogens (tertiary/aromatic N) is 4. The molecule has 0 aliphatic heterocycles. The number of methoxy groups -OCH3 is 1. The second-order valence-corrected chi connectivity index (χ2v) is 6.09. The second kappa shape index (κ2) is 7.75. The van der Waals surface area contributed by atoms with Crippen LogP contribution in [0.2, 0.25) is 0 Å². The van der Waals surface area contributed by atoms with Crippen LogP contribution in [0.4, 0.5) is 23.1 Å². The van der Waals surface area contributed by atoms with E-state index in [1.807, 2.05) is 30.3 Å². The fourth-order valence-electron chi connectivity index (χ4n) is 2.73. The highest BCUT2D eigenvalue weighted by atomic mass is 16.5. The Labute approximate surface area is 161 Å². The van der Waals surface area contributed by atoms with Crippen molar-refractivity contribution in [3.63, 3.8) is 0 Å². The smallest absolute Gasteiger partial charge is 0.213 e. The lowest BCUT2D eigenvalue weighted by molar-refractivity contribution is 0.398. The summed E-state index contributed by atoms with van der Waals surface area (Å²) in [5.41, 5.74) is 8.80. The summed E-state index contributed by atoms with van der Waals surface area (Å²) in [6, 6.07) is 13.7. The lowest BCUT2D eigenvalue weighted by Gasteiger charge is -2.11. The number of nitrogens with two attached hydrogens (primary N) is 1. The number of hydrogen-bond acceptors (Lipinski definition) is 8. The predicted octanol–water partition coefficient (Wildman–Crippen LogP) is 3.37. The molecule has 0 fully saturated rings. The molecule has 0 saturated heterocycles. The number of fused-ring (bicyclic) bond motifs is 1. The van der Waals surface area contributed by atoms with E-state index < -0.39 is 0 Å². The van der Waals surface area contributed by atoms with Crippen molar-refractivity contribution in [2.45, 2.75) is 6.54 Å². The fraction of sp³-hybridized carbons (Fsp3) is 0.100. The summed E-state index contributed by atoms with van der Waals surface area (Å²) in [7, 11) is 1.57. The molecule has 0 aliphatic rings. The average Bonchev–Trinajstić information content (AvgIpc) is 2.74. The highest BCUT2D eigenvalue weighted by Crippen LogP contribution is 2.21. The molecule has 4 N–H and O–H groups in total. The SMILES string of the molecule is COc1ccc(Nc2cnc(N)c(NCc3ccc4ncccc4c3)n2)cn1. The Morgan fingerprint density at radius 1 is 1.04 bits per heavy atom. The Bertz CT molecular complexity index is 1100. The molecule has 0 radical (unpaired) electrons. The van der Waals surface area contributed by atoms with E-state index in [-0.39, 0.29) is 0 Å². The third-order valence-corrected chi connectivity index (χ3v) is 4.15. The maximum atomic E-state index is 5.97. The first-order chi connectivity index (χ1) is 13.7. The Hall–Kier alpha value is -3.94. The zero-order valence-corrected chi connectivity index (χ0v) is 15.3. The van der Waals surface area contributed by atoms with Gasteiger partial charge in [0.25, 0.3) is 0 Å². The van der Waals surface area contributed by atoms with Gasteiger partial charge in [0.2, 0.25) is 5.88 Å². The lowest BCUT2D eigenvalue weighted by Crippen LogP contribution is -2.08. The van der Waals surface area contributed by atoms with Gasteiger partial charge in [0.1, 0.15) is 0 Å². The third kappa shape index (κ3) is 3.90. The first kappa shape index (κ1) is 17.5. The largest absolute Gasteiger partial charge is 0.481 e. The molecule has 1 aromatic carbocycles. The Kier molecular flexibility index (Phi) is 4.83. The van der Waals surface area contributed by atoms with E-state index in [2.05, 4.69) is 36.6 Å². The maximum absolute atomic E-state index is 5.97. The molecule has 3 heterocycles. The zero-order chi connectivity index (χ0) is 19.3. The third-order valence-electron chi connectivity index (χ3n) is 4.15. The molecule has 28 heavy (non-hydrogen) atoms. The van der Waals surface area contributed by atoms with Crippen LogP contribution in [0.3, 0.4) is 0 Å². The highest BCUT2D eigenvalue weighted by Gasteiger charge is 2.06. The molecule has 140 valence electrons. The minimum atomic E-state index is 0.334. The van der Waals surface area contributed by atoms with Crippen LogP contribution in [0.5, 0.6) is 5.88 Å². The van der Waals surface area contributed by atoms with Crippen LogP contribution in [0.25, 0.3) is 10.9 Å². The lowest BCUT2D eigenvalue weighted by atomic mass is 10.1.